The van der Waals surface area contributed by atoms with E-state index in [4.69, 9.17) is 11.6 Å². The second-order valence-corrected chi connectivity index (χ2v) is 5.77. The third-order valence-corrected chi connectivity index (χ3v) is 3.84. The topological polar surface area (TPSA) is 41.1 Å². The molecule has 0 aliphatic carbocycles. The van der Waals surface area contributed by atoms with Gasteiger partial charge in [-0.2, -0.15) is 13.2 Å². The van der Waals surface area contributed by atoms with Crippen molar-refractivity contribution in [1.29, 1.82) is 0 Å². The molecule has 0 saturated heterocycles. The Morgan fingerprint density at radius 1 is 1.16 bits per heavy atom. The second-order valence-electron chi connectivity index (χ2n) is 5.36. The number of halogens is 5. The van der Waals surface area contributed by atoms with E-state index in [2.05, 4.69) is 10.6 Å². The normalized spacial score (nSPS) is 12.7. The number of alkyl halides is 3. The van der Waals surface area contributed by atoms with Crippen LogP contribution in [0.3, 0.4) is 0 Å². The minimum absolute atomic E-state index is 0.199. The van der Waals surface area contributed by atoms with Gasteiger partial charge in [0, 0.05) is 6.04 Å². The Balaban J connectivity index is 2.02. The van der Waals surface area contributed by atoms with Gasteiger partial charge in [-0.15, -0.1) is 0 Å². The zero-order chi connectivity index (χ0) is 18.6. The van der Waals surface area contributed by atoms with Gasteiger partial charge in [-0.1, -0.05) is 29.8 Å². The van der Waals surface area contributed by atoms with Gasteiger partial charge in [0.2, 0.25) is 5.91 Å². The summed E-state index contributed by atoms with van der Waals surface area (Å²) in [6.07, 6.45) is -4.64. The van der Waals surface area contributed by atoms with Crippen LogP contribution < -0.4 is 10.6 Å². The van der Waals surface area contributed by atoms with Gasteiger partial charge in [-0.3, -0.25) is 4.79 Å². The summed E-state index contributed by atoms with van der Waals surface area (Å²) in [6, 6.07) is 8.66. The summed E-state index contributed by atoms with van der Waals surface area (Å²) < 4.78 is 51.9. The third kappa shape index (κ3) is 5.17. The number of hydrogen-bond acceptors (Lipinski definition) is 2. The molecule has 1 atom stereocenters. The molecule has 0 aliphatic rings. The average molecular weight is 375 g/mol. The van der Waals surface area contributed by atoms with Crippen molar-refractivity contribution < 1.29 is 22.4 Å². The quantitative estimate of drug-likeness (QED) is 0.739. The van der Waals surface area contributed by atoms with Crippen LogP contribution in [0.5, 0.6) is 0 Å². The second kappa shape index (κ2) is 7.84. The van der Waals surface area contributed by atoms with Crippen LogP contribution in [-0.2, 0) is 11.0 Å². The van der Waals surface area contributed by atoms with Crippen molar-refractivity contribution in [2.75, 3.05) is 11.9 Å². The summed E-state index contributed by atoms with van der Waals surface area (Å²) in [7, 11) is 0. The Bertz CT molecular complexity index is 747. The van der Waals surface area contributed by atoms with Crippen LogP contribution in [0.15, 0.2) is 42.5 Å². The lowest BCUT2D eigenvalue weighted by molar-refractivity contribution is -0.137. The van der Waals surface area contributed by atoms with E-state index in [1.54, 1.807) is 19.1 Å². The summed E-state index contributed by atoms with van der Waals surface area (Å²) in [6.45, 7) is 1.51. The number of hydrogen-bond donors (Lipinski definition) is 2. The van der Waals surface area contributed by atoms with Crippen LogP contribution in [-0.4, -0.2) is 12.5 Å². The van der Waals surface area contributed by atoms with Crippen LogP contribution in [0.4, 0.5) is 23.2 Å². The minimum atomic E-state index is -4.64. The number of carbonyl (C=O) groups is 1. The first-order valence-electron chi connectivity index (χ1n) is 7.33. The maximum atomic E-state index is 13.0. The third-order valence-electron chi connectivity index (χ3n) is 3.52. The highest BCUT2D eigenvalue weighted by Gasteiger charge is 2.34. The number of nitrogens with one attached hydrogen (secondary N) is 2. The number of amides is 1. The van der Waals surface area contributed by atoms with Gasteiger partial charge in [-0.25, -0.2) is 4.39 Å². The maximum absolute atomic E-state index is 13.0. The SMILES string of the molecule is C[C@@H](NCC(=O)Nc1c(Cl)cccc1C(F)(F)F)c1ccc(F)cc1. The molecule has 0 radical (unpaired) electrons. The average Bonchev–Trinajstić information content (AvgIpc) is 2.54. The van der Waals surface area contributed by atoms with E-state index in [1.807, 2.05) is 0 Å². The van der Waals surface area contributed by atoms with Gasteiger partial charge in [-0.05, 0) is 36.8 Å². The maximum Gasteiger partial charge on any atom is 0.418 e. The first-order chi connectivity index (χ1) is 11.7. The lowest BCUT2D eigenvalue weighted by Gasteiger charge is -2.17. The Morgan fingerprint density at radius 2 is 1.80 bits per heavy atom. The van der Waals surface area contributed by atoms with Gasteiger partial charge in [0.1, 0.15) is 5.82 Å². The van der Waals surface area contributed by atoms with Gasteiger partial charge in [0.25, 0.3) is 0 Å². The van der Waals surface area contributed by atoms with Crippen LogP contribution in [0.25, 0.3) is 0 Å². The highest BCUT2D eigenvalue weighted by atomic mass is 35.5. The molecule has 25 heavy (non-hydrogen) atoms. The van der Waals surface area contributed by atoms with E-state index < -0.39 is 23.3 Å². The number of carbonyl (C=O) groups excluding carboxylic acids is 1. The summed E-state index contributed by atoms with van der Waals surface area (Å²) >= 11 is 5.78. The molecule has 2 aromatic carbocycles. The van der Waals surface area contributed by atoms with Crippen molar-refractivity contribution in [3.63, 3.8) is 0 Å². The molecule has 1 amide bonds. The molecule has 0 fully saturated rings. The molecule has 0 bridgehead atoms. The molecule has 0 saturated carbocycles. The van der Waals surface area contributed by atoms with E-state index in [0.29, 0.717) is 0 Å². The van der Waals surface area contributed by atoms with E-state index in [0.717, 1.165) is 17.7 Å². The van der Waals surface area contributed by atoms with E-state index in [1.165, 1.54) is 18.2 Å². The largest absolute Gasteiger partial charge is 0.418 e. The molecular weight excluding hydrogens is 360 g/mol. The van der Waals surface area contributed by atoms with E-state index >= 15 is 0 Å². The standard InChI is InChI=1S/C17H15ClF4N2O/c1-10(11-5-7-12(19)8-6-11)23-9-15(25)24-16-13(17(20,21)22)3-2-4-14(16)18/h2-8,10,23H,9H2,1H3,(H,24,25)/t10-/m1/s1. The fourth-order valence-corrected chi connectivity index (χ4v) is 2.41. The lowest BCUT2D eigenvalue weighted by atomic mass is 10.1. The van der Waals surface area contributed by atoms with Crippen molar-refractivity contribution in [2.24, 2.45) is 0 Å². The van der Waals surface area contributed by atoms with Gasteiger partial charge in [0.15, 0.2) is 0 Å². The predicted octanol–water partition coefficient (Wildman–Crippen LogP) is 4.79. The van der Waals surface area contributed by atoms with Crippen LogP contribution in [0.1, 0.15) is 24.1 Å². The number of para-hydroxylation sites is 1. The first-order valence-corrected chi connectivity index (χ1v) is 7.70. The molecular formula is C17H15ClF4N2O. The molecule has 8 heteroatoms. The van der Waals surface area contributed by atoms with E-state index in [-0.39, 0.29) is 23.4 Å². The minimum Gasteiger partial charge on any atom is -0.323 e. The molecule has 0 aromatic heterocycles. The molecule has 2 N–H and O–H groups in total. The predicted molar refractivity (Wildman–Crippen MR) is 87.9 cm³/mol. The summed E-state index contributed by atoms with van der Waals surface area (Å²) in [5.41, 5.74) is -0.749. The van der Waals surface area contributed by atoms with E-state index in [9.17, 15) is 22.4 Å². The Hall–Kier alpha value is -2.12. The zero-order valence-corrected chi connectivity index (χ0v) is 13.9. The summed E-state index contributed by atoms with van der Waals surface area (Å²) in [4.78, 5) is 12.0. The Morgan fingerprint density at radius 3 is 2.40 bits per heavy atom. The fraction of sp³-hybridized carbons (Fsp3) is 0.235. The van der Waals surface area contributed by atoms with Gasteiger partial charge < -0.3 is 10.6 Å². The molecule has 0 aliphatic heterocycles. The molecule has 134 valence electrons. The number of rotatable bonds is 5. The van der Waals surface area contributed by atoms with Crippen molar-refractivity contribution in [2.45, 2.75) is 19.1 Å². The van der Waals surface area contributed by atoms with Gasteiger partial charge in [0.05, 0.1) is 22.8 Å². The van der Waals surface area contributed by atoms with Crippen molar-refractivity contribution in [3.05, 3.63) is 64.4 Å². The van der Waals surface area contributed by atoms with Crippen LogP contribution in [0, 0.1) is 5.82 Å². The van der Waals surface area contributed by atoms with Gasteiger partial charge >= 0.3 is 6.18 Å². The van der Waals surface area contributed by atoms with Crippen LogP contribution in [0.2, 0.25) is 5.02 Å². The fourth-order valence-electron chi connectivity index (χ4n) is 2.19. The zero-order valence-electron chi connectivity index (χ0n) is 13.1. The molecule has 2 rings (SSSR count). The summed E-state index contributed by atoms with van der Waals surface area (Å²) in [5.74, 6) is -1.06. The number of anilines is 1. The summed E-state index contributed by atoms with van der Waals surface area (Å²) in [5, 5.41) is 4.85. The van der Waals surface area contributed by atoms with Crippen LogP contribution >= 0.6 is 11.6 Å². The smallest absolute Gasteiger partial charge is 0.323 e. The lowest BCUT2D eigenvalue weighted by Crippen LogP contribution is -2.30. The highest BCUT2D eigenvalue weighted by molar-refractivity contribution is 6.34. The van der Waals surface area contributed by atoms with Crippen molar-refractivity contribution in [1.82, 2.24) is 5.32 Å². The highest BCUT2D eigenvalue weighted by Crippen LogP contribution is 2.38. The first kappa shape index (κ1) is 19.2. The molecule has 0 spiro atoms. The van der Waals surface area contributed by atoms with Crippen molar-refractivity contribution >= 4 is 23.2 Å². The monoisotopic (exact) mass is 374 g/mol. The number of benzene rings is 2. The Labute approximate surface area is 147 Å². The molecule has 0 heterocycles. The Kier molecular flexibility index (Phi) is 6.02. The molecule has 3 nitrogen and oxygen atoms in total. The van der Waals surface area contributed by atoms with Crippen molar-refractivity contribution in [3.8, 4) is 0 Å². The molecule has 2 aromatic rings. The molecule has 0 unspecified atom stereocenters.